The van der Waals surface area contributed by atoms with Crippen molar-refractivity contribution in [3.63, 3.8) is 0 Å². The maximum atomic E-state index is 12.9. The second-order valence-electron chi connectivity index (χ2n) is 6.62. The Bertz CT molecular complexity index is 1200. The van der Waals surface area contributed by atoms with Crippen LogP contribution in [0.15, 0.2) is 66.9 Å². The van der Waals surface area contributed by atoms with Crippen molar-refractivity contribution in [2.24, 2.45) is 5.73 Å². The summed E-state index contributed by atoms with van der Waals surface area (Å²) in [6, 6.07) is 19.0. The van der Waals surface area contributed by atoms with Gasteiger partial charge in [0.15, 0.2) is 0 Å². The van der Waals surface area contributed by atoms with Crippen molar-refractivity contribution in [1.29, 1.82) is 0 Å². The van der Waals surface area contributed by atoms with E-state index in [-0.39, 0.29) is 11.8 Å². The summed E-state index contributed by atoms with van der Waals surface area (Å²) < 4.78 is 0. The minimum absolute atomic E-state index is 0.0633. The van der Waals surface area contributed by atoms with Gasteiger partial charge < -0.3 is 11.1 Å². The second kappa shape index (κ2) is 7.81. The quantitative estimate of drug-likeness (QED) is 0.523. The second-order valence-corrected chi connectivity index (χ2v) is 7.70. The SMILES string of the molecule is CC(c1ccccc1)c1cc(C(N)=O)c(NC(=O)c2cnnc3ccccc23)s1. The molecule has 0 spiro atoms. The standard InChI is InChI=1S/C22H18N4O2S/c1-13(14-7-3-2-4-8-14)19-11-16(20(23)27)22(29-19)25-21(28)17-12-24-26-18-10-6-5-9-15(17)18/h2-13H,1H3,(H2,23,27)(H,25,28). The van der Waals surface area contributed by atoms with Crippen LogP contribution < -0.4 is 11.1 Å². The third-order valence-corrected chi connectivity index (χ3v) is 5.99. The number of nitrogens with zero attached hydrogens (tertiary/aromatic N) is 2. The average Bonchev–Trinajstić information content (AvgIpc) is 3.17. The summed E-state index contributed by atoms with van der Waals surface area (Å²) in [5.74, 6) is -0.881. The number of hydrogen-bond acceptors (Lipinski definition) is 5. The monoisotopic (exact) mass is 402 g/mol. The third kappa shape index (κ3) is 3.72. The van der Waals surface area contributed by atoms with E-state index in [1.54, 1.807) is 12.1 Å². The molecule has 1 unspecified atom stereocenters. The van der Waals surface area contributed by atoms with Crippen molar-refractivity contribution in [1.82, 2.24) is 10.2 Å². The van der Waals surface area contributed by atoms with E-state index < -0.39 is 5.91 Å². The Labute approximate surface area is 171 Å². The normalized spacial score (nSPS) is 11.9. The molecule has 3 N–H and O–H groups in total. The van der Waals surface area contributed by atoms with Crippen LogP contribution in [0.5, 0.6) is 0 Å². The van der Waals surface area contributed by atoms with Crippen molar-refractivity contribution >= 4 is 39.1 Å². The lowest BCUT2D eigenvalue weighted by Gasteiger charge is -2.09. The van der Waals surface area contributed by atoms with Crippen LogP contribution in [0.2, 0.25) is 0 Å². The summed E-state index contributed by atoms with van der Waals surface area (Å²) in [4.78, 5) is 25.9. The third-order valence-electron chi connectivity index (χ3n) is 4.76. The van der Waals surface area contributed by atoms with Gasteiger partial charge in [-0.25, -0.2) is 0 Å². The van der Waals surface area contributed by atoms with E-state index in [4.69, 9.17) is 5.73 Å². The molecule has 6 nitrogen and oxygen atoms in total. The number of carbonyl (C=O) groups is 2. The largest absolute Gasteiger partial charge is 0.366 e. The Morgan fingerprint density at radius 1 is 1.03 bits per heavy atom. The van der Waals surface area contributed by atoms with Crippen LogP contribution in [0, 0.1) is 0 Å². The van der Waals surface area contributed by atoms with E-state index in [0.29, 0.717) is 27.0 Å². The topological polar surface area (TPSA) is 98.0 Å². The van der Waals surface area contributed by atoms with E-state index >= 15 is 0 Å². The zero-order chi connectivity index (χ0) is 20.4. The molecule has 1 atom stereocenters. The van der Waals surface area contributed by atoms with Crippen LogP contribution >= 0.6 is 11.3 Å². The minimum Gasteiger partial charge on any atom is -0.366 e. The van der Waals surface area contributed by atoms with E-state index in [9.17, 15) is 9.59 Å². The highest BCUT2D eigenvalue weighted by molar-refractivity contribution is 7.16. The molecule has 2 aromatic heterocycles. The summed E-state index contributed by atoms with van der Waals surface area (Å²) in [5.41, 5.74) is 7.99. The van der Waals surface area contributed by atoms with Crippen molar-refractivity contribution in [3.8, 4) is 0 Å². The molecule has 0 bridgehead atoms. The molecule has 2 amide bonds. The summed E-state index contributed by atoms with van der Waals surface area (Å²) in [6.07, 6.45) is 1.42. The predicted octanol–water partition coefficient (Wildman–Crippen LogP) is 4.19. The van der Waals surface area contributed by atoms with Crippen LogP contribution in [0.25, 0.3) is 10.9 Å². The number of carbonyl (C=O) groups excluding carboxylic acids is 2. The van der Waals surface area contributed by atoms with Crippen LogP contribution in [-0.4, -0.2) is 22.0 Å². The van der Waals surface area contributed by atoms with Gasteiger partial charge in [-0.2, -0.15) is 10.2 Å². The molecule has 0 saturated heterocycles. The fourth-order valence-electron chi connectivity index (χ4n) is 3.16. The molecular weight excluding hydrogens is 384 g/mol. The number of rotatable bonds is 5. The number of amides is 2. The van der Waals surface area contributed by atoms with Crippen molar-refractivity contribution in [2.45, 2.75) is 12.8 Å². The summed E-state index contributed by atoms with van der Waals surface area (Å²) in [6.45, 7) is 2.05. The van der Waals surface area contributed by atoms with Crippen molar-refractivity contribution < 1.29 is 9.59 Å². The van der Waals surface area contributed by atoms with Crippen LogP contribution in [0.4, 0.5) is 5.00 Å². The highest BCUT2D eigenvalue weighted by Gasteiger charge is 2.21. The number of anilines is 1. The maximum Gasteiger partial charge on any atom is 0.258 e. The van der Waals surface area contributed by atoms with Gasteiger partial charge in [-0.1, -0.05) is 55.5 Å². The predicted molar refractivity (Wildman–Crippen MR) is 114 cm³/mol. The number of thiophene rings is 1. The number of aromatic nitrogens is 2. The first kappa shape index (κ1) is 18.8. The molecular formula is C22H18N4O2S. The van der Waals surface area contributed by atoms with Gasteiger partial charge in [0.05, 0.1) is 22.8 Å². The Hall–Kier alpha value is -3.58. The fourth-order valence-corrected chi connectivity index (χ4v) is 4.30. The summed E-state index contributed by atoms with van der Waals surface area (Å²) in [5, 5.41) is 11.9. The lowest BCUT2D eigenvalue weighted by molar-refractivity contribution is 0.100. The Morgan fingerprint density at radius 2 is 1.76 bits per heavy atom. The molecule has 0 fully saturated rings. The average molecular weight is 402 g/mol. The first-order chi connectivity index (χ1) is 14.0. The fraction of sp³-hybridized carbons (Fsp3) is 0.0909. The lowest BCUT2D eigenvalue weighted by atomic mass is 9.99. The van der Waals surface area contributed by atoms with Gasteiger partial charge in [0.2, 0.25) is 0 Å². The first-order valence-electron chi connectivity index (χ1n) is 9.05. The molecule has 2 heterocycles. The highest BCUT2D eigenvalue weighted by atomic mass is 32.1. The number of benzene rings is 2. The molecule has 4 aromatic rings. The Balaban J connectivity index is 1.68. The summed E-state index contributed by atoms with van der Waals surface area (Å²) in [7, 11) is 0. The number of nitrogens with one attached hydrogen (secondary N) is 1. The molecule has 0 saturated carbocycles. The van der Waals surface area contributed by atoms with Gasteiger partial charge in [-0.15, -0.1) is 11.3 Å². The number of fused-ring (bicyclic) bond motifs is 1. The lowest BCUT2D eigenvalue weighted by Crippen LogP contribution is -2.17. The zero-order valence-corrected chi connectivity index (χ0v) is 16.4. The molecule has 0 aliphatic rings. The number of nitrogens with two attached hydrogens (primary N) is 1. The Kier molecular flexibility index (Phi) is 5.05. The van der Waals surface area contributed by atoms with E-state index in [1.165, 1.54) is 17.5 Å². The molecule has 0 radical (unpaired) electrons. The smallest absolute Gasteiger partial charge is 0.258 e. The molecule has 144 valence electrons. The van der Waals surface area contributed by atoms with Gasteiger partial charge in [0.25, 0.3) is 11.8 Å². The number of hydrogen-bond donors (Lipinski definition) is 2. The van der Waals surface area contributed by atoms with Crippen molar-refractivity contribution in [2.75, 3.05) is 5.32 Å². The van der Waals surface area contributed by atoms with Crippen LogP contribution in [0.3, 0.4) is 0 Å². The van der Waals surface area contributed by atoms with Gasteiger partial charge in [-0.3, -0.25) is 9.59 Å². The molecule has 29 heavy (non-hydrogen) atoms. The van der Waals surface area contributed by atoms with Crippen LogP contribution in [-0.2, 0) is 0 Å². The Morgan fingerprint density at radius 3 is 2.52 bits per heavy atom. The van der Waals surface area contributed by atoms with Crippen LogP contribution in [0.1, 0.15) is 44.0 Å². The summed E-state index contributed by atoms with van der Waals surface area (Å²) >= 11 is 1.35. The maximum absolute atomic E-state index is 12.9. The van der Waals surface area contributed by atoms with E-state index in [2.05, 4.69) is 22.4 Å². The van der Waals surface area contributed by atoms with Gasteiger partial charge in [-0.05, 0) is 17.7 Å². The minimum atomic E-state index is -0.583. The molecule has 0 aliphatic carbocycles. The number of primary amides is 1. The highest BCUT2D eigenvalue weighted by Crippen LogP contribution is 2.36. The van der Waals surface area contributed by atoms with E-state index in [0.717, 1.165) is 10.4 Å². The van der Waals surface area contributed by atoms with Crippen molar-refractivity contribution in [3.05, 3.63) is 88.4 Å². The first-order valence-corrected chi connectivity index (χ1v) is 9.86. The molecule has 7 heteroatoms. The molecule has 2 aromatic carbocycles. The molecule has 4 rings (SSSR count). The van der Waals surface area contributed by atoms with Gasteiger partial charge in [0.1, 0.15) is 5.00 Å². The van der Waals surface area contributed by atoms with E-state index in [1.807, 2.05) is 48.5 Å². The molecule has 0 aliphatic heterocycles. The van der Waals surface area contributed by atoms with Gasteiger partial charge >= 0.3 is 0 Å². The zero-order valence-electron chi connectivity index (χ0n) is 15.6. The van der Waals surface area contributed by atoms with Gasteiger partial charge in [0, 0.05) is 16.2 Å².